The van der Waals surface area contributed by atoms with E-state index in [-0.39, 0.29) is 82.8 Å². The Kier molecular flexibility index (Phi) is 15.2. The van der Waals surface area contributed by atoms with E-state index in [1.54, 1.807) is 0 Å². The minimum atomic E-state index is -1.24. The first kappa shape index (κ1) is 27.9. The van der Waals surface area contributed by atoms with Crippen molar-refractivity contribution in [3.8, 4) is 0 Å². The van der Waals surface area contributed by atoms with Gasteiger partial charge in [-0.2, -0.15) is 0 Å². The lowest BCUT2D eigenvalue weighted by molar-refractivity contribution is -0.0843. The van der Waals surface area contributed by atoms with Crippen molar-refractivity contribution in [2.45, 2.75) is 12.8 Å². The maximum Gasteiger partial charge on any atom is 0.336 e. The quantitative estimate of drug-likeness (QED) is 0.152. The number of benzene rings is 1. The van der Waals surface area contributed by atoms with Gasteiger partial charge in [-0.3, -0.25) is 0 Å². The second-order valence-corrected chi connectivity index (χ2v) is 6.18. The zero-order valence-corrected chi connectivity index (χ0v) is 17.7. The normalized spacial score (nSPS) is 11.1. The van der Waals surface area contributed by atoms with Crippen molar-refractivity contribution < 1.29 is 58.4 Å². The first-order valence-electron chi connectivity index (χ1n) is 9.82. The largest absolute Gasteiger partial charge is 0.478 e. The van der Waals surface area contributed by atoms with Crippen LogP contribution >= 0.6 is 0 Å². The Morgan fingerprint density at radius 3 is 1.66 bits per heavy atom. The number of carboxylic acids is 2. The number of hydrogen-bond donors (Lipinski definition) is 4. The average Bonchev–Trinajstić information content (AvgIpc) is 2.76. The summed E-state index contributed by atoms with van der Waals surface area (Å²) in [6.45, 7) is 0.127. The fourth-order valence-corrected chi connectivity index (χ4v) is 2.71. The van der Waals surface area contributed by atoms with Crippen LogP contribution in [0.1, 0.15) is 31.8 Å². The summed E-state index contributed by atoms with van der Waals surface area (Å²) < 4.78 is 30.2. The van der Waals surface area contributed by atoms with Crippen molar-refractivity contribution in [3.63, 3.8) is 0 Å². The van der Waals surface area contributed by atoms with Crippen LogP contribution in [0, 0.1) is 0 Å². The standard InChI is InChI=1S/C20H30O12/c21-11-27-7-9-31-13-29-5-3-15-1-2-17(19(23)24)16(18(15)20(25)26)4-6-30-14-32-10-8-28-12-22/h1-2,21-22H,3-14H2,(H,23,24)(H,25,26). The Bertz CT molecular complexity index is 679. The Morgan fingerprint density at radius 1 is 0.656 bits per heavy atom. The molecule has 0 fully saturated rings. The molecule has 0 atom stereocenters. The van der Waals surface area contributed by atoms with Gasteiger partial charge in [0.2, 0.25) is 0 Å². The summed E-state index contributed by atoms with van der Waals surface area (Å²) in [5.74, 6) is -2.48. The molecule has 1 aromatic carbocycles. The summed E-state index contributed by atoms with van der Waals surface area (Å²) in [6.07, 6.45) is 0.294. The van der Waals surface area contributed by atoms with E-state index in [1.165, 1.54) is 12.1 Å². The highest BCUT2D eigenvalue weighted by Crippen LogP contribution is 2.22. The molecular weight excluding hydrogens is 432 g/mol. The van der Waals surface area contributed by atoms with E-state index in [0.29, 0.717) is 5.56 Å². The van der Waals surface area contributed by atoms with Gasteiger partial charge in [0.25, 0.3) is 0 Å². The number of carboxylic acid groups (broad SMARTS) is 2. The molecule has 0 saturated carbocycles. The molecular formula is C20H30O12. The predicted molar refractivity (Wildman–Crippen MR) is 107 cm³/mol. The van der Waals surface area contributed by atoms with Crippen LogP contribution in [-0.2, 0) is 41.3 Å². The van der Waals surface area contributed by atoms with Gasteiger partial charge in [-0.15, -0.1) is 0 Å². The highest BCUT2D eigenvalue weighted by Gasteiger charge is 2.22. The van der Waals surface area contributed by atoms with Gasteiger partial charge in [-0.25, -0.2) is 9.59 Å². The fraction of sp³-hybridized carbons (Fsp3) is 0.600. The SMILES string of the molecule is O=C(O)c1ccc(CCOCOCCOCO)c(C(=O)O)c1CCOCOCCOCO. The van der Waals surface area contributed by atoms with E-state index in [9.17, 15) is 19.8 Å². The van der Waals surface area contributed by atoms with E-state index >= 15 is 0 Å². The van der Waals surface area contributed by atoms with Crippen LogP contribution in [0.15, 0.2) is 12.1 Å². The third-order valence-corrected chi connectivity index (χ3v) is 4.12. The molecule has 0 aliphatic carbocycles. The molecule has 0 spiro atoms. The van der Waals surface area contributed by atoms with Gasteiger partial charge in [0.05, 0.1) is 50.8 Å². The lowest BCUT2D eigenvalue weighted by Crippen LogP contribution is -2.17. The molecule has 12 nitrogen and oxygen atoms in total. The zero-order valence-electron chi connectivity index (χ0n) is 17.7. The predicted octanol–water partition coefficient (Wildman–Crippen LogP) is 0.0822. The van der Waals surface area contributed by atoms with E-state index in [2.05, 4.69) is 4.74 Å². The van der Waals surface area contributed by atoms with Gasteiger partial charge in [-0.1, -0.05) is 6.07 Å². The number of rotatable bonds is 20. The van der Waals surface area contributed by atoms with Gasteiger partial charge in [0.15, 0.2) is 0 Å². The average molecular weight is 462 g/mol. The molecule has 32 heavy (non-hydrogen) atoms. The van der Waals surface area contributed by atoms with E-state index in [1.807, 2.05) is 0 Å². The zero-order chi connectivity index (χ0) is 23.6. The molecule has 1 aromatic rings. The van der Waals surface area contributed by atoms with Gasteiger partial charge in [-0.05, 0) is 30.0 Å². The first-order valence-corrected chi connectivity index (χ1v) is 9.82. The molecule has 4 N–H and O–H groups in total. The van der Waals surface area contributed by atoms with Crippen LogP contribution in [0.2, 0.25) is 0 Å². The molecule has 0 aliphatic rings. The highest BCUT2D eigenvalue weighted by atomic mass is 16.7. The number of carbonyl (C=O) groups is 2. The van der Waals surface area contributed by atoms with Gasteiger partial charge in [0, 0.05) is 0 Å². The third kappa shape index (κ3) is 10.9. The second kappa shape index (κ2) is 17.4. The Morgan fingerprint density at radius 2 is 1.16 bits per heavy atom. The summed E-state index contributed by atoms with van der Waals surface area (Å²) in [5, 5.41) is 36.1. The first-order chi connectivity index (χ1) is 15.5. The molecule has 0 amide bonds. The molecule has 0 bridgehead atoms. The topological polar surface area (TPSA) is 170 Å². The van der Waals surface area contributed by atoms with Gasteiger partial charge < -0.3 is 48.8 Å². The summed E-state index contributed by atoms with van der Waals surface area (Å²) in [7, 11) is 0. The molecule has 1 rings (SSSR count). The molecule has 0 aromatic heterocycles. The number of ether oxygens (including phenoxy) is 6. The van der Waals surface area contributed by atoms with Gasteiger partial charge >= 0.3 is 11.9 Å². The van der Waals surface area contributed by atoms with Crippen LogP contribution in [0.25, 0.3) is 0 Å². The van der Waals surface area contributed by atoms with E-state index in [0.717, 1.165) is 0 Å². The number of aliphatic hydroxyl groups is 2. The van der Waals surface area contributed by atoms with Crippen molar-refractivity contribution >= 4 is 11.9 Å². The van der Waals surface area contributed by atoms with Crippen LogP contribution in [-0.4, -0.2) is 99.2 Å². The van der Waals surface area contributed by atoms with Crippen molar-refractivity contribution in [3.05, 3.63) is 34.4 Å². The number of aliphatic hydroxyl groups excluding tert-OH is 2. The molecule has 182 valence electrons. The summed E-state index contributed by atoms with van der Waals surface area (Å²) in [4.78, 5) is 23.5. The number of aromatic carboxylic acids is 2. The van der Waals surface area contributed by atoms with Crippen LogP contribution < -0.4 is 0 Å². The lowest BCUT2D eigenvalue weighted by atomic mass is 9.92. The Hall–Kier alpha value is -2.16. The number of hydrogen-bond acceptors (Lipinski definition) is 10. The van der Waals surface area contributed by atoms with Crippen LogP contribution in [0.4, 0.5) is 0 Å². The maximum absolute atomic E-state index is 11.9. The highest BCUT2D eigenvalue weighted by molar-refractivity contribution is 5.97. The van der Waals surface area contributed by atoms with Crippen molar-refractivity contribution in [2.24, 2.45) is 0 Å². The molecule has 0 aliphatic heterocycles. The fourth-order valence-electron chi connectivity index (χ4n) is 2.71. The second-order valence-electron chi connectivity index (χ2n) is 6.18. The monoisotopic (exact) mass is 462 g/mol. The Labute approximate surface area is 185 Å². The van der Waals surface area contributed by atoms with Crippen molar-refractivity contribution in [1.82, 2.24) is 0 Å². The van der Waals surface area contributed by atoms with Crippen molar-refractivity contribution in [2.75, 3.05) is 66.8 Å². The summed E-state index contributed by atoms with van der Waals surface area (Å²) >= 11 is 0. The molecule has 0 heterocycles. The maximum atomic E-state index is 11.9. The lowest BCUT2D eigenvalue weighted by Gasteiger charge is -2.15. The van der Waals surface area contributed by atoms with E-state index < -0.39 is 25.5 Å². The molecule has 12 heteroatoms. The minimum Gasteiger partial charge on any atom is -0.478 e. The molecule has 0 saturated heterocycles. The summed E-state index contributed by atoms with van der Waals surface area (Å²) in [6, 6.07) is 2.83. The molecule has 0 unspecified atom stereocenters. The third-order valence-electron chi connectivity index (χ3n) is 4.12. The summed E-state index contributed by atoms with van der Waals surface area (Å²) in [5.41, 5.74) is 0.383. The molecule has 0 radical (unpaired) electrons. The smallest absolute Gasteiger partial charge is 0.336 e. The van der Waals surface area contributed by atoms with Crippen LogP contribution in [0.5, 0.6) is 0 Å². The van der Waals surface area contributed by atoms with Crippen molar-refractivity contribution in [1.29, 1.82) is 0 Å². The minimum absolute atomic E-state index is 0.0333. The van der Waals surface area contributed by atoms with Gasteiger partial charge in [0.1, 0.15) is 27.2 Å². The Balaban J connectivity index is 2.65. The van der Waals surface area contributed by atoms with E-state index in [4.69, 9.17) is 33.9 Å². The van der Waals surface area contributed by atoms with Crippen LogP contribution in [0.3, 0.4) is 0 Å².